The van der Waals surface area contributed by atoms with Gasteiger partial charge in [0.1, 0.15) is 11.7 Å². The zero-order valence-corrected chi connectivity index (χ0v) is 22.0. The Morgan fingerprint density at radius 3 is 2.33 bits per heavy atom. The smallest absolute Gasteiger partial charge is 0.433 e. The summed E-state index contributed by atoms with van der Waals surface area (Å²) >= 11 is 0. The van der Waals surface area contributed by atoms with Crippen molar-refractivity contribution in [2.45, 2.75) is 25.2 Å². The molecule has 0 N–H and O–H groups in total. The lowest BCUT2D eigenvalue weighted by Crippen LogP contribution is -2.46. The molecule has 7 nitrogen and oxygen atoms in total. The number of nitrogens with zero attached hydrogens (tertiary/aromatic N) is 3. The molecule has 0 spiro atoms. The topological polar surface area (TPSA) is 72.0 Å². The van der Waals surface area contributed by atoms with Crippen molar-refractivity contribution in [2.24, 2.45) is 0 Å². The van der Waals surface area contributed by atoms with E-state index in [1.54, 1.807) is 0 Å². The second-order valence-corrected chi connectivity index (χ2v) is 9.27. The number of ether oxygens (including phenoxy) is 2. The molecule has 210 valence electrons. The van der Waals surface area contributed by atoms with Gasteiger partial charge in [0.25, 0.3) is 0 Å². The zero-order valence-electron chi connectivity index (χ0n) is 22.0. The van der Waals surface area contributed by atoms with Gasteiger partial charge in [0.2, 0.25) is 5.91 Å². The van der Waals surface area contributed by atoms with Crippen molar-refractivity contribution < 1.29 is 32.2 Å². The minimum absolute atomic E-state index is 0.116. The number of morpholine rings is 1. The number of rotatable bonds is 9. The summed E-state index contributed by atoms with van der Waals surface area (Å²) in [4.78, 5) is 33.5. The molecule has 1 amide bonds. The summed E-state index contributed by atoms with van der Waals surface area (Å²) in [6.07, 6.45) is -0.685. The van der Waals surface area contributed by atoms with Crippen LogP contribution in [0.15, 0.2) is 79.0 Å². The van der Waals surface area contributed by atoms with Crippen LogP contribution in [-0.4, -0.2) is 61.2 Å². The maximum Gasteiger partial charge on any atom is 0.433 e. The van der Waals surface area contributed by atoms with Gasteiger partial charge in [-0.1, -0.05) is 48.5 Å². The monoisotopic (exact) mass is 553 g/mol. The number of esters is 1. The first-order valence-corrected chi connectivity index (χ1v) is 12.8. The minimum Gasteiger partial charge on any atom is -0.467 e. The van der Waals surface area contributed by atoms with Gasteiger partial charge < -0.3 is 19.3 Å². The van der Waals surface area contributed by atoms with Crippen molar-refractivity contribution in [3.63, 3.8) is 0 Å². The molecule has 2 heterocycles. The fraction of sp³-hybridized carbons (Fsp3) is 0.300. The van der Waals surface area contributed by atoms with E-state index in [-0.39, 0.29) is 13.0 Å². The molecule has 2 aromatic carbocycles. The highest BCUT2D eigenvalue weighted by atomic mass is 19.4. The van der Waals surface area contributed by atoms with Crippen LogP contribution >= 0.6 is 0 Å². The maximum atomic E-state index is 13.5. The largest absolute Gasteiger partial charge is 0.467 e. The fourth-order valence-electron chi connectivity index (χ4n) is 4.40. The van der Waals surface area contributed by atoms with Gasteiger partial charge in [0.15, 0.2) is 0 Å². The molecule has 4 rings (SSSR count). The van der Waals surface area contributed by atoms with E-state index < -0.39 is 29.8 Å². The van der Waals surface area contributed by atoms with Crippen LogP contribution in [0, 0.1) is 0 Å². The van der Waals surface area contributed by atoms with Crippen molar-refractivity contribution in [1.29, 1.82) is 0 Å². The van der Waals surface area contributed by atoms with E-state index in [0.29, 0.717) is 18.8 Å². The summed E-state index contributed by atoms with van der Waals surface area (Å²) in [5, 5.41) is 0. The van der Waals surface area contributed by atoms with E-state index in [2.05, 4.69) is 9.88 Å². The standard InChI is InChI=1S/C30H30F3N3O4/c1-39-29(38)26(19-22-5-3-2-4-6-22)36(21-24-7-11-25(12-8-24)35-15-17-40-18-16-35)28(37)14-10-23-9-13-27(34-20-23)30(31,32)33/h2-14,20,26H,15-19,21H2,1H3/b14-10+/t26-/m0/s1. The number of pyridine rings is 1. The summed E-state index contributed by atoms with van der Waals surface area (Å²) in [7, 11) is 1.27. The van der Waals surface area contributed by atoms with Gasteiger partial charge in [-0.05, 0) is 41.0 Å². The summed E-state index contributed by atoms with van der Waals surface area (Å²) in [5.41, 5.74) is 1.97. The van der Waals surface area contributed by atoms with Crippen LogP contribution in [-0.2, 0) is 38.2 Å². The van der Waals surface area contributed by atoms with E-state index in [4.69, 9.17) is 9.47 Å². The number of carbonyl (C=O) groups is 2. The molecular formula is C30H30F3N3O4. The number of aromatic nitrogens is 1. The SMILES string of the molecule is COC(=O)[C@H](Cc1ccccc1)N(Cc1ccc(N2CCOCC2)cc1)C(=O)/C=C/c1ccc(C(F)(F)F)nc1. The summed E-state index contributed by atoms with van der Waals surface area (Å²) < 4.78 is 49.1. The van der Waals surface area contributed by atoms with Gasteiger partial charge >= 0.3 is 12.1 Å². The van der Waals surface area contributed by atoms with Gasteiger partial charge in [0, 0.05) is 44.0 Å². The maximum absolute atomic E-state index is 13.5. The van der Waals surface area contributed by atoms with Crippen LogP contribution in [0.25, 0.3) is 6.08 Å². The molecule has 40 heavy (non-hydrogen) atoms. The van der Waals surface area contributed by atoms with Gasteiger partial charge in [-0.15, -0.1) is 0 Å². The molecule has 1 saturated heterocycles. The lowest BCUT2D eigenvalue weighted by Gasteiger charge is -2.30. The van der Waals surface area contributed by atoms with E-state index in [0.717, 1.165) is 42.2 Å². The Balaban J connectivity index is 1.59. The van der Waals surface area contributed by atoms with Crippen molar-refractivity contribution in [3.8, 4) is 0 Å². The van der Waals surface area contributed by atoms with Gasteiger partial charge in [-0.25, -0.2) is 4.79 Å². The third-order valence-electron chi connectivity index (χ3n) is 6.57. The Morgan fingerprint density at radius 1 is 1.02 bits per heavy atom. The Bertz CT molecular complexity index is 1290. The van der Waals surface area contributed by atoms with Crippen LogP contribution in [0.1, 0.15) is 22.4 Å². The molecular weight excluding hydrogens is 523 g/mol. The molecule has 1 aliphatic heterocycles. The first-order valence-electron chi connectivity index (χ1n) is 12.8. The normalized spacial score (nSPS) is 14.7. The summed E-state index contributed by atoms with van der Waals surface area (Å²) in [5.74, 6) is -1.07. The Morgan fingerprint density at radius 2 is 1.73 bits per heavy atom. The number of benzene rings is 2. The predicted molar refractivity (Wildman–Crippen MR) is 144 cm³/mol. The van der Waals surface area contributed by atoms with E-state index in [1.165, 1.54) is 30.2 Å². The summed E-state index contributed by atoms with van der Waals surface area (Å²) in [6.45, 7) is 3.00. The average Bonchev–Trinajstić information content (AvgIpc) is 2.98. The molecule has 3 aromatic rings. The Hall–Kier alpha value is -4.18. The van der Waals surface area contributed by atoms with Crippen LogP contribution in [0.5, 0.6) is 0 Å². The number of carbonyl (C=O) groups excluding carboxylic acids is 2. The lowest BCUT2D eigenvalue weighted by atomic mass is 10.0. The Labute approximate surface area is 230 Å². The second-order valence-electron chi connectivity index (χ2n) is 9.27. The third kappa shape index (κ3) is 7.69. The minimum atomic E-state index is -4.56. The van der Waals surface area contributed by atoms with Crippen LogP contribution in [0.2, 0.25) is 0 Å². The number of hydrogen-bond acceptors (Lipinski definition) is 6. The number of alkyl halides is 3. The number of halogens is 3. The third-order valence-corrected chi connectivity index (χ3v) is 6.57. The predicted octanol–water partition coefficient (Wildman–Crippen LogP) is 4.76. The Kier molecular flexibility index (Phi) is 9.55. The van der Waals surface area contributed by atoms with Crippen molar-refractivity contribution in [2.75, 3.05) is 38.3 Å². The first-order chi connectivity index (χ1) is 19.2. The average molecular weight is 554 g/mol. The zero-order chi connectivity index (χ0) is 28.5. The van der Waals surface area contributed by atoms with E-state index in [1.807, 2.05) is 54.6 Å². The molecule has 1 aliphatic rings. The highest BCUT2D eigenvalue weighted by molar-refractivity contribution is 5.94. The van der Waals surface area contributed by atoms with Crippen LogP contribution in [0.3, 0.4) is 0 Å². The summed E-state index contributed by atoms with van der Waals surface area (Å²) in [6, 6.07) is 18.2. The molecule has 0 unspecified atom stereocenters. The molecule has 0 aliphatic carbocycles. The van der Waals surface area contributed by atoms with Crippen molar-refractivity contribution in [1.82, 2.24) is 9.88 Å². The molecule has 1 atom stereocenters. The number of anilines is 1. The molecule has 10 heteroatoms. The second kappa shape index (κ2) is 13.3. The first kappa shape index (κ1) is 28.8. The molecule has 1 aromatic heterocycles. The number of hydrogen-bond donors (Lipinski definition) is 0. The highest BCUT2D eigenvalue weighted by Gasteiger charge is 2.32. The fourth-order valence-corrected chi connectivity index (χ4v) is 4.40. The number of amides is 1. The number of methoxy groups -OCH3 is 1. The van der Waals surface area contributed by atoms with E-state index in [9.17, 15) is 22.8 Å². The molecule has 0 radical (unpaired) electrons. The molecule has 1 fully saturated rings. The van der Waals surface area contributed by atoms with Crippen LogP contribution < -0.4 is 4.90 Å². The van der Waals surface area contributed by atoms with E-state index >= 15 is 0 Å². The lowest BCUT2D eigenvalue weighted by molar-refractivity contribution is -0.151. The van der Waals surface area contributed by atoms with Crippen LogP contribution in [0.4, 0.5) is 18.9 Å². The quantitative estimate of drug-likeness (QED) is 0.281. The van der Waals surface area contributed by atoms with Gasteiger partial charge in [-0.2, -0.15) is 13.2 Å². The van der Waals surface area contributed by atoms with Gasteiger partial charge in [-0.3, -0.25) is 9.78 Å². The highest BCUT2D eigenvalue weighted by Crippen LogP contribution is 2.27. The van der Waals surface area contributed by atoms with Crippen molar-refractivity contribution >= 4 is 23.6 Å². The van der Waals surface area contributed by atoms with Crippen molar-refractivity contribution in [3.05, 3.63) is 101 Å². The molecule has 0 saturated carbocycles. The van der Waals surface area contributed by atoms with Gasteiger partial charge in [0.05, 0.1) is 20.3 Å². The molecule has 0 bridgehead atoms.